The van der Waals surface area contributed by atoms with E-state index in [1.165, 1.54) is 0 Å². The number of morpholine rings is 1. The van der Waals surface area contributed by atoms with E-state index < -0.39 is 0 Å². The third-order valence-corrected chi connectivity index (χ3v) is 4.31. The van der Waals surface area contributed by atoms with Crippen LogP contribution < -0.4 is 15.5 Å². The topological polar surface area (TPSA) is 69.7 Å². The van der Waals surface area contributed by atoms with E-state index in [1.54, 1.807) is 6.20 Å². The Kier molecular flexibility index (Phi) is 7.46. The number of amides is 2. The highest BCUT2D eigenvalue weighted by molar-refractivity contribution is 5.89. The van der Waals surface area contributed by atoms with Crippen LogP contribution in [0.1, 0.15) is 20.3 Å². The molecule has 0 spiro atoms. The number of hydrogen-bond donors (Lipinski definition) is 2. The van der Waals surface area contributed by atoms with Gasteiger partial charge >= 0.3 is 6.03 Å². The van der Waals surface area contributed by atoms with Gasteiger partial charge in [0.05, 0.1) is 25.1 Å². The highest BCUT2D eigenvalue weighted by Gasteiger charge is 2.15. The third kappa shape index (κ3) is 6.51. The summed E-state index contributed by atoms with van der Waals surface area (Å²) in [6.45, 7) is 8.16. The van der Waals surface area contributed by atoms with Crippen molar-refractivity contribution in [3.05, 3.63) is 18.3 Å². The van der Waals surface area contributed by atoms with Crippen LogP contribution in [-0.2, 0) is 4.74 Å². The van der Waals surface area contributed by atoms with E-state index >= 15 is 0 Å². The molecule has 1 unspecified atom stereocenters. The van der Waals surface area contributed by atoms with E-state index in [2.05, 4.69) is 39.3 Å². The molecule has 2 amide bonds. The van der Waals surface area contributed by atoms with Gasteiger partial charge in [0.1, 0.15) is 5.82 Å². The van der Waals surface area contributed by atoms with Crippen molar-refractivity contribution in [2.45, 2.75) is 26.3 Å². The summed E-state index contributed by atoms with van der Waals surface area (Å²) in [6.07, 6.45) is 2.74. The number of aromatic nitrogens is 1. The number of anilines is 2. The molecule has 1 aliphatic heterocycles. The van der Waals surface area contributed by atoms with E-state index in [0.717, 1.165) is 38.5 Å². The number of ether oxygens (including phenoxy) is 1. The van der Waals surface area contributed by atoms with Gasteiger partial charge in [-0.1, -0.05) is 13.8 Å². The van der Waals surface area contributed by atoms with E-state index in [0.29, 0.717) is 24.2 Å². The molecule has 2 rings (SSSR count). The quantitative estimate of drug-likeness (QED) is 0.788. The maximum Gasteiger partial charge on any atom is 0.319 e. The number of likely N-dealkylation sites (N-methyl/N-ethyl adjacent to an activating group) is 1. The fourth-order valence-electron chi connectivity index (χ4n) is 2.85. The van der Waals surface area contributed by atoms with E-state index in [-0.39, 0.29) is 6.03 Å². The molecule has 1 aromatic heterocycles. The van der Waals surface area contributed by atoms with Gasteiger partial charge in [-0.25, -0.2) is 9.78 Å². The Balaban J connectivity index is 1.81. The van der Waals surface area contributed by atoms with Crippen molar-refractivity contribution in [1.29, 1.82) is 0 Å². The molecule has 7 heteroatoms. The molecule has 1 fully saturated rings. The van der Waals surface area contributed by atoms with Crippen molar-refractivity contribution >= 4 is 17.5 Å². The van der Waals surface area contributed by atoms with Crippen LogP contribution >= 0.6 is 0 Å². The lowest BCUT2D eigenvalue weighted by Gasteiger charge is -2.27. The van der Waals surface area contributed by atoms with Crippen molar-refractivity contribution < 1.29 is 9.53 Å². The molecule has 0 saturated carbocycles. The summed E-state index contributed by atoms with van der Waals surface area (Å²) in [4.78, 5) is 20.9. The zero-order valence-electron chi connectivity index (χ0n) is 15.8. The Hall–Kier alpha value is -1.86. The first kappa shape index (κ1) is 19.5. The smallest absolute Gasteiger partial charge is 0.319 e. The van der Waals surface area contributed by atoms with Gasteiger partial charge in [-0.15, -0.1) is 0 Å². The molecule has 0 radical (unpaired) electrons. The molecule has 140 valence electrons. The first-order valence-electron chi connectivity index (χ1n) is 8.95. The van der Waals surface area contributed by atoms with Gasteiger partial charge in [-0.3, -0.25) is 0 Å². The third-order valence-electron chi connectivity index (χ3n) is 4.31. The molecular formula is C18H31N5O2. The zero-order chi connectivity index (χ0) is 18.2. The number of nitrogens with one attached hydrogen (secondary N) is 2. The van der Waals surface area contributed by atoms with Crippen molar-refractivity contribution in [2.75, 3.05) is 57.2 Å². The van der Waals surface area contributed by atoms with Crippen LogP contribution in [-0.4, -0.2) is 68.9 Å². The number of carbonyl (C=O) groups excluding carboxylic acids is 1. The van der Waals surface area contributed by atoms with Crippen molar-refractivity contribution in [3.8, 4) is 0 Å². The molecule has 1 atom stereocenters. The molecule has 25 heavy (non-hydrogen) atoms. The number of urea groups is 1. The fraction of sp³-hybridized carbons (Fsp3) is 0.667. The summed E-state index contributed by atoms with van der Waals surface area (Å²) in [7, 11) is 4.09. The molecule has 0 aromatic carbocycles. The van der Waals surface area contributed by atoms with Crippen LogP contribution in [0.5, 0.6) is 0 Å². The minimum atomic E-state index is -0.198. The molecule has 0 aliphatic carbocycles. The zero-order valence-corrected chi connectivity index (χ0v) is 15.8. The predicted molar refractivity (Wildman–Crippen MR) is 101 cm³/mol. The van der Waals surface area contributed by atoms with Crippen LogP contribution in [0, 0.1) is 5.92 Å². The molecule has 1 saturated heterocycles. The van der Waals surface area contributed by atoms with Gasteiger partial charge in [0.25, 0.3) is 0 Å². The molecule has 7 nitrogen and oxygen atoms in total. The predicted octanol–water partition coefficient (Wildman–Crippen LogP) is 2.02. The van der Waals surface area contributed by atoms with Gasteiger partial charge in [-0.2, -0.15) is 0 Å². The van der Waals surface area contributed by atoms with E-state index in [9.17, 15) is 4.79 Å². The molecule has 2 N–H and O–H groups in total. The first-order chi connectivity index (χ1) is 12.0. The monoisotopic (exact) mass is 349 g/mol. The van der Waals surface area contributed by atoms with Gasteiger partial charge in [-0.05, 0) is 38.6 Å². The van der Waals surface area contributed by atoms with Crippen molar-refractivity contribution in [3.63, 3.8) is 0 Å². The molecule has 2 heterocycles. The standard InChI is InChI=1S/C18H31N5O2/c1-14(2)11-16(22(3)4)13-20-18(24)21-15-5-6-17(19-12-15)23-7-9-25-10-8-23/h5-6,12,14,16H,7-11,13H2,1-4H3,(H2,20,21,24). The SMILES string of the molecule is CC(C)CC(CNC(=O)Nc1ccc(N2CCOCC2)nc1)N(C)C. The van der Waals surface area contributed by atoms with E-state index in [4.69, 9.17) is 4.74 Å². The molecule has 1 aliphatic rings. The lowest BCUT2D eigenvalue weighted by molar-refractivity contribution is 0.122. The number of rotatable bonds is 7. The van der Waals surface area contributed by atoms with E-state index in [1.807, 2.05) is 26.2 Å². The Morgan fingerprint density at radius 1 is 1.32 bits per heavy atom. The van der Waals surface area contributed by atoms with Crippen LogP contribution in [0.3, 0.4) is 0 Å². The highest BCUT2D eigenvalue weighted by atomic mass is 16.5. The first-order valence-corrected chi connectivity index (χ1v) is 8.95. The molecule has 0 bridgehead atoms. The van der Waals surface area contributed by atoms with Gasteiger partial charge in [0, 0.05) is 25.7 Å². The average Bonchev–Trinajstić information content (AvgIpc) is 2.59. The lowest BCUT2D eigenvalue weighted by Crippen LogP contribution is -2.42. The summed E-state index contributed by atoms with van der Waals surface area (Å²) in [5.41, 5.74) is 0.694. The summed E-state index contributed by atoms with van der Waals surface area (Å²) in [5.74, 6) is 1.51. The maximum absolute atomic E-state index is 12.1. The average molecular weight is 349 g/mol. The minimum absolute atomic E-state index is 0.198. The number of carbonyl (C=O) groups is 1. The van der Waals surface area contributed by atoms with Gasteiger partial charge < -0.3 is 25.2 Å². The van der Waals surface area contributed by atoms with Crippen LogP contribution in [0.4, 0.5) is 16.3 Å². The Bertz CT molecular complexity index is 527. The van der Waals surface area contributed by atoms with Gasteiger partial charge in [0.2, 0.25) is 0 Å². The fourth-order valence-corrected chi connectivity index (χ4v) is 2.85. The Morgan fingerprint density at radius 3 is 2.60 bits per heavy atom. The number of hydrogen-bond acceptors (Lipinski definition) is 5. The summed E-state index contributed by atoms with van der Waals surface area (Å²) in [5, 5.41) is 5.79. The minimum Gasteiger partial charge on any atom is -0.378 e. The second-order valence-electron chi connectivity index (χ2n) is 7.09. The highest BCUT2D eigenvalue weighted by Crippen LogP contribution is 2.15. The molecular weight excluding hydrogens is 318 g/mol. The van der Waals surface area contributed by atoms with Gasteiger partial charge in [0.15, 0.2) is 0 Å². The number of pyridine rings is 1. The number of nitrogens with zero attached hydrogens (tertiary/aromatic N) is 3. The Morgan fingerprint density at radius 2 is 2.04 bits per heavy atom. The summed E-state index contributed by atoms with van der Waals surface area (Å²) >= 11 is 0. The summed E-state index contributed by atoms with van der Waals surface area (Å²) in [6, 6.07) is 3.95. The van der Waals surface area contributed by atoms with Crippen molar-refractivity contribution in [1.82, 2.24) is 15.2 Å². The normalized spacial score (nSPS) is 16.2. The largest absolute Gasteiger partial charge is 0.378 e. The maximum atomic E-state index is 12.1. The Labute approximate surface area is 150 Å². The molecule has 1 aromatic rings. The van der Waals surface area contributed by atoms with Crippen molar-refractivity contribution in [2.24, 2.45) is 5.92 Å². The second-order valence-corrected chi connectivity index (χ2v) is 7.09. The lowest BCUT2D eigenvalue weighted by atomic mass is 10.0. The van der Waals surface area contributed by atoms with Crippen LogP contribution in [0.15, 0.2) is 18.3 Å². The second kappa shape index (κ2) is 9.58. The summed E-state index contributed by atoms with van der Waals surface area (Å²) < 4.78 is 5.35. The van der Waals surface area contributed by atoms with Crippen LogP contribution in [0.2, 0.25) is 0 Å². The van der Waals surface area contributed by atoms with Crippen LogP contribution in [0.25, 0.3) is 0 Å².